The van der Waals surface area contributed by atoms with Crippen LogP contribution in [0.25, 0.3) is 10.2 Å². The highest BCUT2D eigenvalue weighted by Crippen LogP contribution is 2.40. The van der Waals surface area contributed by atoms with E-state index in [9.17, 15) is 4.79 Å². The Morgan fingerprint density at radius 1 is 1.06 bits per heavy atom. The van der Waals surface area contributed by atoms with Crippen LogP contribution in [0.1, 0.15) is 61.4 Å². The lowest BCUT2D eigenvalue weighted by molar-refractivity contribution is -0.135. The summed E-state index contributed by atoms with van der Waals surface area (Å²) in [4.78, 5) is 30.5. The molecule has 0 spiro atoms. The molecule has 6 heteroatoms. The number of hydrogen-bond donors (Lipinski definition) is 0. The van der Waals surface area contributed by atoms with Crippen LogP contribution in [0.4, 0.5) is 5.82 Å². The first-order valence-corrected chi connectivity index (χ1v) is 13.9. The van der Waals surface area contributed by atoms with Crippen LogP contribution in [0.5, 0.6) is 0 Å². The summed E-state index contributed by atoms with van der Waals surface area (Å²) in [5.74, 6) is 2.38. The van der Waals surface area contributed by atoms with Crippen molar-refractivity contribution in [3.63, 3.8) is 0 Å². The Kier molecular flexibility index (Phi) is 7.14. The van der Waals surface area contributed by atoms with Gasteiger partial charge in [-0.15, -0.1) is 11.3 Å². The first-order chi connectivity index (χ1) is 16.7. The summed E-state index contributed by atoms with van der Waals surface area (Å²) < 4.78 is 0. The maximum atomic E-state index is 13.2. The predicted molar refractivity (Wildman–Crippen MR) is 141 cm³/mol. The van der Waals surface area contributed by atoms with E-state index in [2.05, 4.69) is 49.1 Å². The van der Waals surface area contributed by atoms with Crippen molar-refractivity contribution in [2.45, 2.75) is 65.2 Å². The summed E-state index contributed by atoms with van der Waals surface area (Å²) in [6, 6.07) is 10.6. The second kappa shape index (κ2) is 10.4. The topological polar surface area (TPSA) is 49.3 Å². The summed E-state index contributed by atoms with van der Waals surface area (Å²) >= 11 is 1.88. The van der Waals surface area contributed by atoms with E-state index >= 15 is 0 Å². The van der Waals surface area contributed by atoms with Gasteiger partial charge in [-0.25, -0.2) is 9.97 Å². The highest BCUT2D eigenvalue weighted by atomic mass is 32.1. The van der Waals surface area contributed by atoms with Gasteiger partial charge in [0.15, 0.2) is 0 Å². The molecule has 5 nitrogen and oxygen atoms in total. The molecule has 1 aliphatic heterocycles. The molecule has 0 radical (unpaired) electrons. The monoisotopic (exact) mass is 476 g/mol. The molecule has 34 heavy (non-hydrogen) atoms. The van der Waals surface area contributed by atoms with Gasteiger partial charge in [-0.05, 0) is 69.9 Å². The van der Waals surface area contributed by atoms with Gasteiger partial charge < -0.3 is 9.80 Å². The fourth-order valence-electron chi connectivity index (χ4n) is 5.59. The van der Waals surface area contributed by atoms with E-state index in [4.69, 9.17) is 9.97 Å². The first kappa shape index (κ1) is 23.3. The van der Waals surface area contributed by atoms with Crippen LogP contribution in [0, 0.1) is 5.92 Å². The van der Waals surface area contributed by atoms with E-state index < -0.39 is 0 Å². The Labute approximate surface area is 207 Å². The lowest BCUT2D eigenvalue weighted by Gasteiger charge is -2.35. The number of piperidine rings is 1. The molecule has 0 saturated carbocycles. The zero-order valence-corrected chi connectivity index (χ0v) is 21.4. The van der Waals surface area contributed by atoms with Gasteiger partial charge in [0.25, 0.3) is 0 Å². The molecule has 1 unspecified atom stereocenters. The lowest BCUT2D eigenvalue weighted by atomic mass is 9.94. The number of hydrogen-bond acceptors (Lipinski definition) is 5. The van der Waals surface area contributed by atoms with Crippen LogP contribution in [-0.4, -0.2) is 47.0 Å². The van der Waals surface area contributed by atoms with Crippen LogP contribution < -0.4 is 4.90 Å². The van der Waals surface area contributed by atoms with E-state index in [1.165, 1.54) is 34.2 Å². The van der Waals surface area contributed by atoms with E-state index in [0.717, 1.165) is 81.2 Å². The maximum absolute atomic E-state index is 13.2. The third-order valence-electron chi connectivity index (χ3n) is 7.47. The number of nitrogens with zero attached hydrogens (tertiary/aromatic N) is 4. The molecule has 5 rings (SSSR count). The molecule has 2 aliphatic rings. The van der Waals surface area contributed by atoms with Crippen LogP contribution in [0.15, 0.2) is 30.3 Å². The molecule has 3 heterocycles. The number of amides is 1. The second-order valence-electron chi connectivity index (χ2n) is 9.64. The lowest BCUT2D eigenvalue weighted by Crippen LogP contribution is -2.45. The molecule has 1 aromatic carbocycles. The summed E-state index contributed by atoms with van der Waals surface area (Å²) in [6.07, 6.45) is 8.61. The van der Waals surface area contributed by atoms with Gasteiger partial charge in [0.05, 0.1) is 11.3 Å². The van der Waals surface area contributed by atoms with Crippen molar-refractivity contribution in [2.75, 3.05) is 31.1 Å². The van der Waals surface area contributed by atoms with Crippen molar-refractivity contribution in [2.24, 2.45) is 5.92 Å². The number of rotatable bonds is 7. The van der Waals surface area contributed by atoms with E-state index in [1.54, 1.807) is 0 Å². The highest BCUT2D eigenvalue weighted by Gasteiger charge is 2.31. The molecule has 0 bridgehead atoms. The molecule has 1 atom stereocenters. The van der Waals surface area contributed by atoms with Gasteiger partial charge in [-0.2, -0.15) is 0 Å². The zero-order chi connectivity index (χ0) is 23.5. The predicted octanol–water partition coefficient (Wildman–Crippen LogP) is 5.44. The molecule has 1 saturated heterocycles. The van der Waals surface area contributed by atoms with E-state index in [1.807, 2.05) is 16.2 Å². The number of benzene rings is 1. The van der Waals surface area contributed by atoms with Gasteiger partial charge >= 0.3 is 0 Å². The molecule has 0 N–H and O–H groups in total. The number of aryl methyl sites for hydroxylation is 4. The SMILES string of the molecule is CCN(CC)C(=O)C1CCCN(c2nc(CCc3ccccc3)nc3sc4c(c23)CCCC4)C1. The smallest absolute Gasteiger partial charge is 0.227 e. The van der Waals surface area contributed by atoms with Crippen LogP contribution in [0.2, 0.25) is 0 Å². The number of carbonyl (C=O) groups is 1. The molecular weight excluding hydrogens is 440 g/mol. The van der Waals surface area contributed by atoms with Gasteiger partial charge in [0.2, 0.25) is 5.91 Å². The van der Waals surface area contributed by atoms with Crippen molar-refractivity contribution in [1.29, 1.82) is 0 Å². The largest absolute Gasteiger partial charge is 0.355 e. The van der Waals surface area contributed by atoms with Crippen LogP contribution >= 0.6 is 11.3 Å². The Morgan fingerprint density at radius 2 is 1.85 bits per heavy atom. The summed E-state index contributed by atoms with van der Waals surface area (Å²) in [5, 5.41) is 1.28. The Balaban J connectivity index is 1.49. The average molecular weight is 477 g/mol. The summed E-state index contributed by atoms with van der Waals surface area (Å²) in [7, 11) is 0. The van der Waals surface area contributed by atoms with E-state index in [-0.39, 0.29) is 5.92 Å². The van der Waals surface area contributed by atoms with Crippen molar-refractivity contribution in [3.8, 4) is 0 Å². The fourth-order valence-corrected chi connectivity index (χ4v) is 6.86. The summed E-state index contributed by atoms with van der Waals surface area (Å²) in [6.45, 7) is 7.46. The molecule has 3 aromatic rings. The number of anilines is 1. The molecule has 180 valence electrons. The van der Waals surface area contributed by atoms with Crippen LogP contribution in [-0.2, 0) is 30.5 Å². The minimum absolute atomic E-state index is 0.0564. The number of thiophene rings is 1. The van der Waals surface area contributed by atoms with Gasteiger partial charge in [0.1, 0.15) is 16.5 Å². The van der Waals surface area contributed by atoms with E-state index in [0.29, 0.717) is 5.91 Å². The molecular formula is C28H36N4OS. The first-order valence-electron chi connectivity index (χ1n) is 13.1. The second-order valence-corrected chi connectivity index (χ2v) is 10.7. The van der Waals surface area contributed by atoms with Crippen LogP contribution in [0.3, 0.4) is 0 Å². The third kappa shape index (κ3) is 4.70. The molecule has 2 aromatic heterocycles. The van der Waals surface area contributed by atoms with Gasteiger partial charge in [-0.1, -0.05) is 30.3 Å². The zero-order valence-electron chi connectivity index (χ0n) is 20.6. The highest BCUT2D eigenvalue weighted by molar-refractivity contribution is 7.19. The Morgan fingerprint density at radius 3 is 2.65 bits per heavy atom. The van der Waals surface area contributed by atoms with Crippen molar-refractivity contribution in [1.82, 2.24) is 14.9 Å². The average Bonchev–Trinajstić information content (AvgIpc) is 3.27. The van der Waals surface area contributed by atoms with Gasteiger partial charge in [-0.3, -0.25) is 4.79 Å². The summed E-state index contributed by atoms with van der Waals surface area (Å²) in [5.41, 5.74) is 2.80. The minimum atomic E-state index is 0.0564. The maximum Gasteiger partial charge on any atom is 0.227 e. The fraction of sp³-hybridized carbons (Fsp3) is 0.536. The van der Waals surface area contributed by atoms with Crippen molar-refractivity contribution >= 4 is 33.3 Å². The van der Waals surface area contributed by atoms with Crippen molar-refractivity contribution in [3.05, 3.63) is 52.2 Å². The normalized spacial score (nSPS) is 18.2. The molecule has 1 fully saturated rings. The number of fused-ring (bicyclic) bond motifs is 3. The molecule has 1 aliphatic carbocycles. The van der Waals surface area contributed by atoms with Gasteiger partial charge in [0, 0.05) is 37.5 Å². The Hall–Kier alpha value is -2.47. The minimum Gasteiger partial charge on any atom is -0.355 e. The third-order valence-corrected chi connectivity index (χ3v) is 8.65. The standard InChI is InChI=1S/C28H36N4OS/c1-3-31(4-2)28(33)21-13-10-18-32(19-21)26-25-22-14-8-9-15-23(22)34-27(25)30-24(29-26)17-16-20-11-6-5-7-12-20/h5-7,11-12,21H,3-4,8-10,13-19H2,1-2H3. The Bertz CT molecular complexity index is 1140. The quantitative estimate of drug-likeness (QED) is 0.456. The molecule has 1 amide bonds. The van der Waals surface area contributed by atoms with Crippen molar-refractivity contribution < 1.29 is 4.79 Å². The number of aromatic nitrogens is 2. The number of carbonyl (C=O) groups excluding carboxylic acids is 1.